The lowest BCUT2D eigenvalue weighted by Gasteiger charge is -2.24. The Morgan fingerprint density at radius 2 is 2.11 bits per heavy atom. The second-order valence-electron chi connectivity index (χ2n) is 7.16. The minimum atomic E-state index is -3.06. The minimum Gasteiger partial charge on any atom is -0.454 e. The summed E-state index contributed by atoms with van der Waals surface area (Å²) in [6, 6.07) is 5.53. The third-order valence-electron chi connectivity index (χ3n) is 5.20. The maximum atomic E-state index is 12.3. The van der Waals surface area contributed by atoms with Crippen LogP contribution in [0.2, 0.25) is 0 Å². The molecule has 3 aliphatic rings. The SMILES string of the molecule is CC[C@H](C)C(=O)N=C1S[C@H]2CS(=O)(=O)C[C@H]2N1Cc1ccc2c(c1)OCO2. The predicted molar refractivity (Wildman–Crippen MR) is 104 cm³/mol. The van der Waals surface area contributed by atoms with Crippen molar-refractivity contribution >= 4 is 32.7 Å². The topological polar surface area (TPSA) is 85.3 Å². The average molecular weight is 411 g/mol. The third-order valence-corrected chi connectivity index (χ3v) is 8.45. The zero-order valence-electron chi connectivity index (χ0n) is 15.3. The van der Waals surface area contributed by atoms with Crippen molar-refractivity contribution in [2.45, 2.75) is 38.1 Å². The molecule has 146 valence electrons. The highest BCUT2D eigenvalue weighted by atomic mass is 32.2. The van der Waals surface area contributed by atoms with Gasteiger partial charge in [0.05, 0.1) is 17.5 Å². The molecule has 0 bridgehead atoms. The molecule has 0 aromatic heterocycles. The van der Waals surface area contributed by atoms with Gasteiger partial charge in [-0.25, -0.2) is 8.42 Å². The number of hydrogen-bond donors (Lipinski definition) is 0. The molecule has 27 heavy (non-hydrogen) atoms. The number of thioether (sulfide) groups is 1. The molecule has 0 radical (unpaired) electrons. The van der Waals surface area contributed by atoms with Gasteiger partial charge in [-0.1, -0.05) is 31.7 Å². The van der Waals surface area contributed by atoms with Crippen molar-refractivity contribution in [1.82, 2.24) is 4.90 Å². The summed E-state index contributed by atoms with van der Waals surface area (Å²) in [4.78, 5) is 18.7. The van der Waals surface area contributed by atoms with Gasteiger partial charge in [0.2, 0.25) is 6.79 Å². The molecule has 1 amide bonds. The number of nitrogens with zero attached hydrogens (tertiary/aromatic N) is 2. The highest BCUT2D eigenvalue weighted by Crippen LogP contribution is 2.40. The Morgan fingerprint density at radius 3 is 2.89 bits per heavy atom. The van der Waals surface area contributed by atoms with E-state index in [9.17, 15) is 13.2 Å². The number of amidine groups is 1. The molecule has 9 heteroatoms. The Bertz CT molecular complexity index is 899. The van der Waals surface area contributed by atoms with Crippen molar-refractivity contribution in [3.05, 3.63) is 23.8 Å². The summed E-state index contributed by atoms with van der Waals surface area (Å²) in [6.07, 6.45) is 0.726. The van der Waals surface area contributed by atoms with Crippen LogP contribution in [0.4, 0.5) is 0 Å². The van der Waals surface area contributed by atoms with E-state index < -0.39 is 9.84 Å². The first-order chi connectivity index (χ1) is 12.9. The minimum absolute atomic E-state index is 0.0764. The predicted octanol–water partition coefficient (Wildman–Crippen LogP) is 2.06. The van der Waals surface area contributed by atoms with E-state index in [1.807, 2.05) is 36.9 Å². The Balaban J connectivity index is 1.62. The van der Waals surface area contributed by atoms with Crippen LogP contribution in [-0.4, -0.2) is 54.0 Å². The summed E-state index contributed by atoms with van der Waals surface area (Å²) < 4.78 is 35.0. The molecule has 0 N–H and O–H groups in total. The van der Waals surface area contributed by atoms with Crippen molar-refractivity contribution < 1.29 is 22.7 Å². The Labute approximate surface area is 163 Å². The number of fused-ring (bicyclic) bond motifs is 2. The first-order valence-electron chi connectivity index (χ1n) is 9.01. The summed E-state index contributed by atoms with van der Waals surface area (Å²) in [6.45, 7) is 4.50. The quantitative estimate of drug-likeness (QED) is 0.751. The van der Waals surface area contributed by atoms with Crippen molar-refractivity contribution in [3.63, 3.8) is 0 Å². The van der Waals surface area contributed by atoms with Gasteiger partial charge in [-0.05, 0) is 24.1 Å². The number of aliphatic imine (C=N–C) groups is 1. The lowest BCUT2D eigenvalue weighted by molar-refractivity contribution is -0.121. The molecule has 1 aromatic rings. The number of carbonyl (C=O) groups excluding carboxylic acids is 1. The van der Waals surface area contributed by atoms with Gasteiger partial charge in [0, 0.05) is 17.7 Å². The first-order valence-corrected chi connectivity index (χ1v) is 11.7. The fraction of sp³-hybridized carbons (Fsp3) is 0.556. The van der Waals surface area contributed by atoms with E-state index in [1.165, 1.54) is 11.8 Å². The standard InChI is InChI=1S/C18H22N2O5S2/c1-3-11(2)17(21)19-18-20(13-8-27(22,23)9-16(13)26-18)7-12-4-5-14-15(6-12)25-10-24-14/h4-6,11,13,16H,3,7-10H2,1-2H3/t11-,13+,16-/m0/s1. The molecule has 3 heterocycles. The van der Waals surface area contributed by atoms with E-state index >= 15 is 0 Å². The Morgan fingerprint density at radius 1 is 1.33 bits per heavy atom. The number of hydrogen-bond acceptors (Lipinski definition) is 6. The van der Waals surface area contributed by atoms with Crippen LogP contribution in [0.15, 0.2) is 23.2 Å². The van der Waals surface area contributed by atoms with Crippen molar-refractivity contribution in [1.29, 1.82) is 0 Å². The number of amides is 1. The second-order valence-corrected chi connectivity index (χ2v) is 10.5. The van der Waals surface area contributed by atoms with Crippen molar-refractivity contribution in [2.24, 2.45) is 10.9 Å². The number of carbonyl (C=O) groups is 1. The monoisotopic (exact) mass is 410 g/mol. The van der Waals surface area contributed by atoms with Crippen molar-refractivity contribution in [3.8, 4) is 11.5 Å². The summed E-state index contributed by atoms with van der Waals surface area (Å²) in [7, 11) is -3.06. The van der Waals surface area contributed by atoms with Gasteiger partial charge < -0.3 is 14.4 Å². The van der Waals surface area contributed by atoms with Crippen LogP contribution in [0.1, 0.15) is 25.8 Å². The van der Waals surface area contributed by atoms with E-state index in [2.05, 4.69) is 4.99 Å². The van der Waals surface area contributed by atoms with E-state index in [0.717, 1.165) is 12.0 Å². The highest BCUT2D eigenvalue weighted by molar-refractivity contribution is 8.15. The van der Waals surface area contributed by atoms with E-state index in [4.69, 9.17) is 9.47 Å². The summed E-state index contributed by atoms with van der Waals surface area (Å²) in [5, 5.41) is 0.551. The van der Waals surface area contributed by atoms with Crippen LogP contribution in [0.25, 0.3) is 0 Å². The largest absolute Gasteiger partial charge is 0.454 e. The second kappa shape index (κ2) is 7.01. The molecule has 2 saturated heterocycles. The summed E-state index contributed by atoms with van der Waals surface area (Å²) >= 11 is 1.41. The number of rotatable bonds is 4. The van der Waals surface area contributed by atoms with Gasteiger partial charge >= 0.3 is 0 Å². The van der Waals surface area contributed by atoms with Gasteiger partial charge in [-0.15, -0.1) is 0 Å². The van der Waals surface area contributed by atoms with Crippen LogP contribution in [-0.2, 0) is 21.2 Å². The van der Waals surface area contributed by atoms with Crippen LogP contribution in [0.5, 0.6) is 11.5 Å². The fourth-order valence-corrected chi connectivity index (χ4v) is 7.39. The fourth-order valence-electron chi connectivity index (χ4n) is 3.44. The summed E-state index contributed by atoms with van der Waals surface area (Å²) in [5.74, 6) is 1.33. The molecule has 3 aliphatic heterocycles. The van der Waals surface area contributed by atoms with Crippen LogP contribution in [0, 0.1) is 5.92 Å². The zero-order chi connectivity index (χ0) is 19.2. The van der Waals surface area contributed by atoms with Gasteiger partial charge in [-0.2, -0.15) is 4.99 Å². The Hall–Kier alpha value is -1.74. The smallest absolute Gasteiger partial charge is 0.250 e. The lowest BCUT2D eigenvalue weighted by Crippen LogP contribution is -2.37. The van der Waals surface area contributed by atoms with Gasteiger partial charge in [0.25, 0.3) is 5.91 Å². The molecular weight excluding hydrogens is 388 g/mol. The molecule has 0 aliphatic carbocycles. The maximum absolute atomic E-state index is 12.3. The van der Waals surface area contributed by atoms with Gasteiger partial charge in [-0.3, -0.25) is 4.79 Å². The van der Waals surface area contributed by atoms with Crippen LogP contribution < -0.4 is 9.47 Å². The average Bonchev–Trinajstić information content (AvgIpc) is 3.28. The highest BCUT2D eigenvalue weighted by Gasteiger charge is 2.48. The van der Waals surface area contributed by atoms with E-state index in [0.29, 0.717) is 23.2 Å². The van der Waals surface area contributed by atoms with Crippen molar-refractivity contribution in [2.75, 3.05) is 18.3 Å². The van der Waals surface area contributed by atoms with Crippen LogP contribution >= 0.6 is 11.8 Å². The number of ether oxygens (including phenoxy) is 2. The molecular formula is C18H22N2O5S2. The lowest BCUT2D eigenvalue weighted by atomic mass is 10.1. The van der Waals surface area contributed by atoms with E-state index in [-0.39, 0.29) is 41.4 Å². The first kappa shape index (κ1) is 18.6. The molecule has 0 unspecified atom stereocenters. The third kappa shape index (κ3) is 3.67. The zero-order valence-corrected chi connectivity index (χ0v) is 16.9. The molecule has 2 fully saturated rings. The van der Waals surface area contributed by atoms with Gasteiger partial charge in [0.15, 0.2) is 26.5 Å². The van der Waals surface area contributed by atoms with Gasteiger partial charge in [0.1, 0.15) is 0 Å². The number of sulfone groups is 1. The maximum Gasteiger partial charge on any atom is 0.250 e. The molecule has 0 spiro atoms. The molecule has 1 aromatic carbocycles. The van der Waals surface area contributed by atoms with Crippen LogP contribution in [0.3, 0.4) is 0 Å². The van der Waals surface area contributed by atoms with E-state index in [1.54, 1.807) is 0 Å². The molecule has 0 saturated carbocycles. The molecule has 7 nitrogen and oxygen atoms in total. The summed E-state index contributed by atoms with van der Waals surface area (Å²) in [5.41, 5.74) is 0.966. The molecule has 4 rings (SSSR count). The normalized spacial score (nSPS) is 27.8. The number of benzene rings is 1. The Kier molecular flexibility index (Phi) is 4.84. The molecule has 3 atom stereocenters.